The summed E-state index contributed by atoms with van der Waals surface area (Å²) in [6.45, 7) is 0. The molecule has 1 nitrogen and oxygen atoms in total. The Labute approximate surface area is 85.9 Å². The van der Waals surface area contributed by atoms with Crippen molar-refractivity contribution in [2.75, 3.05) is 0 Å². The zero-order chi connectivity index (χ0) is 9.35. The molecule has 0 spiro atoms. The Bertz CT molecular complexity index is 299. The monoisotopic (exact) mass is 305 g/mol. The van der Waals surface area contributed by atoms with E-state index in [9.17, 15) is 13.2 Å². The molecule has 0 aliphatic carbocycles. The first kappa shape index (κ1) is 10.1. The summed E-state index contributed by atoms with van der Waals surface area (Å²) in [7, 11) is 0. The number of aromatic nitrogens is 1. The van der Waals surface area contributed by atoms with Gasteiger partial charge in [0.05, 0.1) is 0 Å². The van der Waals surface area contributed by atoms with Gasteiger partial charge in [0.25, 0.3) is 0 Å². The van der Waals surface area contributed by atoms with Gasteiger partial charge in [-0.25, -0.2) is 4.98 Å². The Morgan fingerprint density at radius 1 is 1.42 bits per heavy atom. The summed E-state index contributed by atoms with van der Waals surface area (Å²) in [4.78, 5) is 3.66. The van der Waals surface area contributed by atoms with Gasteiger partial charge in [-0.3, -0.25) is 0 Å². The van der Waals surface area contributed by atoms with Crippen molar-refractivity contribution in [3.05, 3.63) is 21.5 Å². The van der Waals surface area contributed by atoms with E-state index in [-0.39, 0.29) is 3.57 Å². The number of hydrogen-bond donors (Lipinski definition) is 1. The van der Waals surface area contributed by atoms with Gasteiger partial charge >= 0.3 is 6.18 Å². The van der Waals surface area contributed by atoms with Crippen molar-refractivity contribution in [3.63, 3.8) is 0 Å². The number of thiol groups is 1. The first-order chi connectivity index (χ1) is 5.41. The first-order valence-corrected chi connectivity index (χ1v) is 4.35. The third kappa shape index (κ3) is 2.25. The molecule has 0 N–H and O–H groups in total. The molecule has 0 saturated heterocycles. The number of pyridine rings is 1. The lowest BCUT2D eigenvalue weighted by Gasteiger charge is -2.07. The van der Waals surface area contributed by atoms with Crippen molar-refractivity contribution in [2.45, 2.75) is 11.1 Å². The maximum absolute atomic E-state index is 12.1. The van der Waals surface area contributed by atoms with Gasteiger partial charge in [-0.05, 0) is 28.7 Å². The molecule has 1 rings (SSSR count). The Kier molecular flexibility index (Phi) is 2.87. The Morgan fingerprint density at radius 3 is 2.42 bits per heavy atom. The number of hydrogen-bond acceptors (Lipinski definition) is 2. The Balaban J connectivity index is 3.19. The summed E-state index contributed by atoms with van der Waals surface area (Å²) in [5, 5.41) is 0. The van der Waals surface area contributed by atoms with Crippen LogP contribution in [0.4, 0.5) is 13.2 Å². The van der Waals surface area contributed by atoms with Crippen LogP contribution >= 0.6 is 35.2 Å². The van der Waals surface area contributed by atoms with Crippen LogP contribution in [0.25, 0.3) is 0 Å². The van der Waals surface area contributed by atoms with Crippen molar-refractivity contribution >= 4 is 35.2 Å². The van der Waals surface area contributed by atoms with Crippen LogP contribution in [0.2, 0.25) is 0 Å². The number of nitrogens with zero attached hydrogens (tertiary/aromatic N) is 1. The minimum absolute atomic E-state index is 0.0626. The maximum atomic E-state index is 12.1. The lowest BCUT2D eigenvalue weighted by molar-refractivity contribution is -0.141. The lowest BCUT2D eigenvalue weighted by atomic mass is 10.3. The molecule has 1 aromatic rings. The number of alkyl halides is 3. The van der Waals surface area contributed by atoms with E-state index in [0.29, 0.717) is 4.90 Å². The molecule has 0 amide bonds. The van der Waals surface area contributed by atoms with Gasteiger partial charge in [-0.2, -0.15) is 13.2 Å². The molecule has 6 heteroatoms. The van der Waals surface area contributed by atoms with E-state index in [2.05, 4.69) is 17.6 Å². The van der Waals surface area contributed by atoms with E-state index in [1.54, 1.807) is 22.6 Å². The molecular weight excluding hydrogens is 302 g/mol. The molecule has 0 bridgehead atoms. The SMILES string of the molecule is FC(F)(F)c1ncc(S)cc1I. The number of rotatable bonds is 0. The van der Waals surface area contributed by atoms with Crippen LogP contribution in [0.1, 0.15) is 5.69 Å². The highest BCUT2D eigenvalue weighted by atomic mass is 127. The molecule has 0 aliphatic heterocycles. The second kappa shape index (κ2) is 3.41. The van der Waals surface area contributed by atoms with Gasteiger partial charge < -0.3 is 0 Å². The van der Waals surface area contributed by atoms with Gasteiger partial charge in [-0.15, -0.1) is 12.6 Å². The molecule has 12 heavy (non-hydrogen) atoms. The summed E-state index contributed by atoms with van der Waals surface area (Å²) in [5.74, 6) is 0. The van der Waals surface area contributed by atoms with Crippen molar-refractivity contribution in [2.24, 2.45) is 0 Å². The van der Waals surface area contributed by atoms with E-state index in [1.165, 1.54) is 6.07 Å². The molecule has 0 saturated carbocycles. The molecule has 66 valence electrons. The van der Waals surface area contributed by atoms with Crippen molar-refractivity contribution in [1.82, 2.24) is 4.98 Å². The van der Waals surface area contributed by atoms with Crippen LogP contribution in [0, 0.1) is 3.57 Å². The van der Waals surface area contributed by atoms with E-state index < -0.39 is 11.9 Å². The summed E-state index contributed by atoms with van der Waals surface area (Å²) >= 11 is 5.44. The zero-order valence-corrected chi connectivity index (χ0v) is 8.61. The molecule has 1 aromatic heterocycles. The molecule has 0 aliphatic rings. The highest BCUT2D eigenvalue weighted by molar-refractivity contribution is 14.1. The molecule has 0 aromatic carbocycles. The fraction of sp³-hybridized carbons (Fsp3) is 0.167. The van der Waals surface area contributed by atoms with Gasteiger partial charge in [0.2, 0.25) is 0 Å². The van der Waals surface area contributed by atoms with Gasteiger partial charge in [0.1, 0.15) is 0 Å². The fourth-order valence-corrected chi connectivity index (χ4v) is 1.85. The second-order valence-electron chi connectivity index (χ2n) is 2.02. The predicted octanol–water partition coefficient (Wildman–Crippen LogP) is 2.99. The first-order valence-electron chi connectivity index (χ1n) is 2.83. The quantitative estimate of drug-likeness (QED) is 0.574. The minimum Gasteiger partial charge on any atom is -0.250 e. The van der Waals surface area contributed by atoms with Crippen LogP contribution in [-0.2, 0) is 6.18 Å². The van der Waals surface area contributed by atoms with E-state index in [4.69, 9.17) is 0 Å². The Hall–Kier alpha value is 0.0200. The minimum atomic E-state index is -4.38. The largest absolute Gasteiger partial charge is 0.434 e. The van der Waals surface area contributed by atoms with Crippen LogP contribution < -0.4 is 0 Å². The topological polar surface area (TPSA) is 12.9 Å². The summed E-state index contributed by atoms with van der Waals surface area (Å²) < 4.78 is 36.3. The molecule has 0 unspecified atom stereocenters. The molecule has 0 atom stereocenters. The average molecular weight is 305 g/mol. The molecular formula is C6H3F3INS. The lowest BCUT2D eigenvalue weighted by Crippen LogP contribution is -2.10. The van der Waals surface area contributed by atoms with Gasteiger partial charge in [-0.1, -0.05) is 0 Å². The van der Waals surface area contributed by atoms with E-state index >= 15 is 0 Å². The Morgan fingerprint density at radius 2 is 2.00 bits per heavy atom. The van der Waals surface area contributed by atoms with Crippen LogP contribution in [0.5, 0.6) is 0 Å². The van der Waals surface area contributed by atoms with Crippen molar-refractivity contribution < 1.29 is 13.2 Å². The highest BCUT2D eigenvalue weighted by Gasteiger charge is 2.34. The average Bonchev–Trinajstić information content (AvgIpc) is 1.83. The summed E-state index contributed by atoms with van der Waals surface area (Å²) in [6.07, 6.45) is -3.30. The number of halogens is 4. The highest BCUT2D eigenvalue weighted by Crippen LogP contribution is 2.31. The normalized spacial score (nSPS) is 11.8. The summed E-state index contributed by atoms with van der Waals surface area (Å²) in [5.41, 5.74) is -0.860. The third-order valence-corrected chi connectivity index (χ3v) is 2.16. The molecule has 0 radical (unpaired) electrons. The van der Waals surface area contributed by atoms with Crippen molar-refractivity contribution in [1.29, 1.82) is 0 Å². The maximum Gasteiger partial charge on any atom is 0.434 e. The van der Waals surface area contributed by atoms with Crippen LogP contribution in [-0.4, -0.2) is 4.98 Å². The summed E-state index contributed by atoms with van der Waals surface area (Å²) in [6, 6.07) is 1.32. The van der Waals surface area contributed by atoms with Gasteiger partial charge in [0.15, 0.2) is 5.69 Å². The van der Waals surface area contributed by atoms with Gasteiger partial charge in [0, 0.05) is 14.7 Å². The van der Waals surface area contributed by atoms with E-state index in [1.807, 2.05) is 0 Å². The smallest absolute Gasteiger partial charge is 0.250 e. The van der Waals surface area contributed by atoms with Crippen molar-refractivity contribution in [3.8, 4) is 0 Å². The fourth-order valence-electron chi connectivity index (χ4n) is 0.636. The van der Waals surface area contributed by atoms with E-state index in [0.717, 1.165) is 6.20 Å². The molecule has 1 heterocycles. The molecule has 0 fully saturated rings. The zero-order valence-electron chi connectivity index (χ0n) is 5.56. The standard InChI is InChI=1S/C6H3F3INS/c7-6(8,9)5-4(10)1-3(12)2-11-5/h1-2,12H. The van der Waals surface area contributed by atoms with Crippen LogP contribution in [0.15, 0.2) is 17.2 Å². The third-order valence-electron chi connectivity index (χ3n) is 1.10. The second-order valence-corrected chi connectivity index (χ2v) is 3.70. The van der Waals surface area contributed by atoms with Crippen LogP contribution in [0.3, 0.4) is 0 Å². The predicted molar refractivity (Wildman–Crippen MR) is 49.2 cm³/mol.